The van der Waals surface area contributed by atoms with Gasteiger partial charge < -0.3 is 13.6 Å². The number of fused-ring (bicyclic) bond motifs is 9. The van der Waals surface area contributed by atoms with Crippen LogP contribution < -0.4 is 0 Å². The fourth-order valence-electron chi connectivity index (χ4n) is 8.21. The first-order valence-corrected chi connectivity index (χ1v) is 17.4. The lowest BCUT2D eigenvalue weighted by atomic mass is 9.97. The van der Waals surface area contributed by atoms with Gasteiger partial charge in [0.1, 0.15) is 5.58 Å². The van der Waals surface area contributed by atoms with Crippen molar-refractivity contribution in [3.63, 3.8) is 0 Å². The van der Waals surface area contributed by atoms with E-state index in [9.17, 15) is 0 Å². The molecule has 0 spiro atoms. The van der Waals surface area contributed by atoms with Crippen LogP contribution in [0.15, 0.2) is 186 Å². The minimum Gasteiger partial charge on any atom is -0.454 e. The van der Waals surface area contributed by atoms with Crippen LogP contribution >= 0.6 is 0 Å². The van der Waals surface area contributed by atoms with Crippen LogP contribution in [0.1, 0.15) is 0 Å². The van der Waals surface area contributed by atoms with E-state index in [1.165, 1.54) is 60.5 Å². The van der Waals surface area contributed by atoms with Gasteiger partial charge >= 0.3 is 0 Å². The Kier molecular flexibility index (Phi) is 5.96. The molecule has 11 aromatic rings. The summed E-state index contributed by atoms with van der Waals surface area (Å²) in [6.07, 6.45) is 0. The van der Waals surface area contributed by atoms with Gasteiger partial charge in [-0.1, -0.05) is 115 Å². The Balaban J connectivity index is 1.05. The first kappa shape index (κ1) is 28.0. The quantitative estimate of drug-likeness (QED) is 0.186. The van der Waals surface area contributed by atoms with Crippen LogP contribution in [-0.4, -0.2) is 9.13 Å². The number of nitrogens with zero attached hydrogens (tertiary/aromatic N) is 2. The summed E-state index contributed by atoms with van der Waals surface area (Å²) < 4.78 is 11.2. The third kappa shape index (κ3) is 4.19. The molecule has 3 aromatic heterocycles. The van der Waals surface area contributed by atoms with Crippen LogP contribution in [0.2, 0.25) is 0 Å². The third-order valence-electron chi connectivity index (χ3n) is 10.5. The lowest BCUT2D eigenvalue weighted by molar-refractivity contribution is 0.666. The van der Waals surface area contributed by atoms with Crippen molar-refractivity contribution in [1.82, 2.24) is 9.13 Å². The van der Waals surface area contributed by atoms with E-state index < -0.39 is 0 Å². The van der Waals surface area contributed by atoms with Gasteiger partial charge in [-0.2, -0.15) is 0 Å². The topological polar surface area (TPSA) is 23.0 Å². The van der Waals surface area contributed by atoms with E-state index in [0.717, 1.165) is 38.7 Å². The second kappa shape index (κ2) is 10.8. The van der Waals surface area contributed by atoms with Crippen molar-refractivity contribution in [2.24, 2.45) is 0 Å². The number of hydrogen-bond donors (Lipinski definition) is 0. The van der Waals surface area contributed by atoms with Gasteiger partial charge in [0.15, 0.2) is 5.58 Å². The molecule has 3 heterocycles. The van der Waals surface area contributed by atoms with Gasteiger partial charge in [0.05, 0.1) is 27.8 Å². The zero-order chi connectivity index (χ0) is 33.5. The highest BCUT2D eigenvalue weighted by Crippen LogP contribution is 2.40. The zero-order valence-electron chi connectivity index (χ0n) is 27.6. The second-order valence-corrected chi connectivity index (χ2v) is 13.3. The number of hydrogen-bond acceptors (Lipinski definition) is 1. The van der Waals surface area contributed by atoms with Crippen LogP contribution in [0.25, 0.3) is 99.2 Å². The Morgan fingerprint density at radius 1 is 0.314 bits per heavy atom. The molecule has 0 aliphatic rings. The number of para-hydroxylation sites is 5. The van der Waals surface area contributed by atoms with Gasteiger partial charge in [-0.15, -0.1) is 0 Å². The van der Waals surface area contributed by atoms with Gasteiger partial charge in [0, 0.05) is 38.0 Å². The van der Waals surface area contributed by atoms with Crippen molar-refractivity contribution >= 4 is 65.6 Å². The van der Waals surface area contributed by atoms with E-state index in [4.69, 9.17) is 4.42 Å². The number of furan rings is 1. The molecule has 0 fully saturated rings. The standard InChI is InChI=1S/C48H30N2O/c1-2-14-35(15-3-1)49-42-20-7-4-16-36(42)40-29-33(24-26-44(40)49)31-12-10-13-32(28-31)34-25-27-45-41(30-34)37-17-5-8-21-43(37)50(45)46-22-11-19-39-38-18-6-9-23-47(38)51-48(39)46/h1-30H. The summed E-state index contributed by atoms with van der Waals surface area (Å²) >= 11 is 0. The summed E-state index contributed by atoms with van der Waals surface area (Å²) in [5.41, 5.74) is 13.6. The molecule has 0 N–H and O–H groups in total. The SMILES string of the molecule is c1ccc(-n2c3ccccc3c3cc(-c4cccc(-c5ccc6c(c5)c5ccccc5n6-c5cccc6c5oc5ccccc56)c4)ccc32)cc1. The molecule has 0 bridgehead atoms. The highest BCUT2D eigenvalue weighted by molar-refractivity contribution is 6.14. The van der Waals surface area contributed by atoms with Crippen molar-refractivity contribution < 1.29 is 4.42 Å². The lowest BCUT2D eigenvalue weighted by Crippen LogP contribution is -1.94. The normalized spacial score (nSPS) is 11.9. The highest BCUT2D eigenvalue weighted by Gasteiger charge is 2.18. The molecule has 0 radical (unpaired) electrons. The smallest absolute Gasteiger partial charge is 0.159 e. The van der Waals surface area contributed by atoms with E-state index in [-0.39, 0.29) is 0 Å². The molecule has 0 atom stereocenters. The molecular weight excluding hydrogens is 621 g/mol. The van der Waals surface area contributed by atoms with Gasteiger partial charge in [0.2, 0.25) is 0 Å². The average molecular weight is 651 g/mol. The molecule has 0 aliphatic heterocycles. The van der Waals surface area contributed by atoms with E-state index in [1.807, 2.05) is 12.1 Å². The summed E-state index contributed by atoms with van der Waals surface area (Å²) in [5, 5.41) is 7.22. The summed E-state index contributed by atoms with van der Waals surface area (Å²) in [7, 11) is 0. The van der Waals surface area contributed by atoms with Crippen LogP contribution in [0, 0.1) is 0 Å². The van der Waals surface area contributed by atoms with E-state index in [2.05, 4.69) is 179 Å². The number of benzene rings is 8. The summed E-state index contributed by atoms with van der Waals surface area (Å²) in [5.74, 6) is 0. The van der Waals surface area contributed by atoms with Crippen molar-refractivity contribution in [1.29, 1.82) is 0 Å². The summed E-state index contributed by atoms with van der Waals surface area (Å²) in [6.45, 7) is 0. The van der Waals surface area contributed by atoms with Crippen LogP contribution in [0.3, 0.4) is 0 Å². The molecule has 238 valence electrons. The molecule has 0 saturated carbocycles. The van der Waals surface area contributed by atoms with Crippen molar-refractivity contribution in [3.05, 3.63) is 182 Å². The van der Waals surface area contributed by atoms with E-state index >= 15 is 0 Å². The second-order valence-electron chi connectivity index (χ2n) is 13.3. The Morgan fingerprint density at radius 2 is 0.824 bits per heavy atom. The molecule has 11 rings (SSSR count). The Hall–Kier alpha value is -6.84. The fourth-order valence-corrected chi connectivity index (χ4v) is 8.21. The van der Waals surface area contributed by atoms with E-state index in [1.54, 1.807) is 0 Å². The fraction of sp³-hybridized carbons (Fsp3) is 0. The van der Waals surface area contributed by atoms with Gasteiger partial charge in [-0.25, -0.2) is 0 Å². The maximum atomic E-state index is 6.51. The summed E-state index contributed by atoms with van der Waals surface area (Å²) in [4.78, 5) is 0. The third-order valence-corrected chi connectivity index (χ3v) is 10.5. The molecule has 0 aliphatic carbocycles. The minimum absolute atomic E-state index is 0.905. The first-order valence-electron chi connectivity index (χ1n) is 17.4. The monoisotopic (exact) mass is 650 g/mol. The average Bonchev–Trinajstić information content (AvgIpc) is 3.86. The predicted molar refractivity (Wildman–Crippen MR) is 213 cm³/mol. The lowest BCUT2D eigenvalue weighted by Gasteiger charge is -2.10. The van der Waals surface area contributed by atoms with Crippen molar-refractivity contribution in [3.8, 4) is 33.6 Å². The van der Waals surface area contributed by atoms with Crippen LogP contribution in [0.5, 0.6) is 0 Å². The van der Waals surface area contributed by atoms with Crippen LogP contribution in [-0.2, 0) is 0 Å². The molecule has 3 nitrogen and oxygen atoms in total. The molecule has 0 saturated heterocycles. The Morgan fingerprint density at radius 3 is 1.53 bits per heavy atom. The van der Waals surface area contributed by atoms with Crippen LogP contribution in [0.4, 0.5) is 0 Å². The van der Waals surface area contributed by atoms with Gasteiger partial charge in [-0.3, -0.25) is 0 Å². The molecule has 0 amide bonds. The van der Waals surface area contributed by atoms with Gasteiger partial charge in [-0.05, 0) is 89.0 Å². The van der Waals surface area contributed by atoms with Crippen molar-refractivity contribution in [2.45, 2.75) is 0 Å². The first-order chi connectivity index (χ1) is 25.3. The molecule has 3 heteroatoms. The molecular formula is C48H30N2O. The Labute approximate surface area is 293 Å². The largest absolute Gasteiger partial charge is 0.454 e. The summed E-state index contributed by atoms with van der Waals surface area (Å²) in [6, 6.07) is 65.5. The van der Waals surface area contributed by atoms with E-state index in [0.29, 0.717) is 0 Å². The maximum Gasteiger partial charge on any atom is 0.159 e. The molecule has 0 unspecified atom stereocenters. The van der Waals surface area contributed by atoms with Gasteiger partial charge in [0.25, 0.3) is 0 Å². The number of rotatable bonds is 4. The number of aromatic nitrogens is 2. The Bertz CT molecular complexity index is 3140. The maximum absolute atomic E-state index is 6.51. The molecule has 51 heavy (non-hydrogen) atoms. The zero-order valence-corrected chi connectivity index (χ0v) is 27.6. The molecule has 8 aromatic carbocycles. The minimum atomic E-state index is 0.905. The predicted octanol–water partition coefficient (Wildman–Crippen LogP) is 13.1. The highest BCUT2D eigenvalue weighted by atomic mass is 16.3. The van der Waals surface area contributed by atoms with Crippen molar-refractivity contribution in [2.75, 3.05) is 0 Å².